The Kier molecular flexibility index (Phi) is 7.75. The first-order valence-electron chi connectivity index (χ1n) is 7.84. The molecule has 0 fully saturated rings. The van der Waals surface area contributed by atoms with Crippen LogP contribution in [0.2, 0.25) is 0 Å². The van der Waals surface area contributed by atoms with Crippen LogP contribution in [0.5, 0.6) is 0 Å². The van der Waals surface area contributed by atoms with Gasteiger partial charge in [0.2, 0.25) is 0 Å². The quantitative estimate of drug-likeness (QED) is 0.733. The third kappa shape index (κ3) is 5.71. The molecule has 1 heterocycles. The van der Waals surface area contributed by atoms with Gasteiger partial charge in [-0.15, -0.1) is 0 Å². The molecular formula is C16H28N4O. The molecule has 1 aromatic rings. The van der Waals surface area contributed by atoms with E-state index < -0.39 is 0 Å². The van der Waals surface area contributed by atoms with Gasteiger partial charge < -0.3 is 15.5 Å². The van der Waals surface area contributed by atoms with E-state index >= 15 is 0 Å². The number of hydrogen-bond donors (Lipinski definition) is 2. The predicted octanol–water partition coefficient (Wildman–Crippen LogP) is 2.36. The molecule has 21 heavy (non-hydrogen) atoms. The molecule has 5 heteroatoms. The van der Waals surface area contributed by atoms with E-state index in [2.05, 4.69) is 41.3 Å². The molecule has 0 radical (unpaired) electrons. The van der Waals surface area contributed by atoms with Crippen LogP contribution in [0.25, 0.3) is 0 Å². The minimum Gasteiger partial charge on any atom is -0.369 e. The number of nitrogens with zero attached hydrogens (tertiary/aromatic N) is 2. The summed E-state index contributed by atoms with van der Waals surface area (Å²) in [5, 5.41) is 6.25. The fraction of sp³-hybridized carbons (Fsp3) is 0.625. The zero-order chi connectivity index (χ0) is 15.7. The summed E-state index contributed by atoms with van der Waals surface area (Å²) in [6.45, 7) is 12.0. The van der Waals surface area contributed by atoms with Gasteiger partial charge in [-0.2, -0.15) is 0 Å². The lowest BCUT2D eigenvalue weighted by Crippen LogP contribution is -2.42. The fourth-order valence-electron chi connectivity index (χ4n) is 2.19. The van der Waals surface area contributed by atoms with E-state index in [0.29, 0.717) is 11.4 Å². The number of pyridine rings is 1. The van der Waals surface area contributed by atoms with Crippen molar-refractivity contribution in [1.82, 2.24) is 15.2 Å². The average molecular weight is 292 g/mol. The van der Waals surface area contributed by atoms with Crippen LogP contribution in [-0.2, 0) is 0 Å². The van der Waals surface area contributed by atoms with Crippen LogP contribution in [0.15, 0.2) is 18.3 Å². The topological polar surface area (TPSA) is 57.3 Å². The Morgan fingerprint density at radius 2 is 2.05 bits per heavy atom. The molecule has 0 aliphatic carbocycles. The second-order valence-corrected chi connectivity index (χ2v) is 5.19. The molecule has 5 nitrogen and oxygen atoms in total. The van der Waals surface area contributed by atoms with Crippen LogP contribution in [-0.4, -0.2) is 48.0 Å². The maximum atomic E-state index is 12.4. The van der Waals surface area contributed by atoms with Crippen molar-refractivity contribution in [3.05, 3.63) is 23.9 Å². The Hall–Kier alpha value is -1.62. The molecule has 1 rings (SSSR count). The highest BCUT2D eigenvalue weighted by atomic mass is 16.1. The SMILES string of the molecule is CCCNc1ncccc1C(=O)NC(C)CN(CC)CC. The van der Waals surface area contributed by atoms with Gasteiger partial charge in [-0.05, 0) is 38.6 Å². The molecule has 1 atom stereocenters. The summed E-state index contributed by atoms with van der Waals surface area (Å²) < 4.78 is 0. The summed E-state index contributed by atoms with van der Waals surface area (Å²) in [5.74, 6) is 0.591. The van der Waals surface area contributed by atoms with E-state index in [-0.39, 0.29) is 11.9 Å². The van der Waals surface area contributed by atoms with Crippen LogP contribution in [0.4, 0.5) is 5.82 Å². The number of carbonyl (C=O) groups is 1. The van der Waals surface area contributed by atoms with E-state index in [4.69, 9.17) is 0 Å². The van der Waals surface area contributed by atoms with Gasteiger partial charge >= 0.3 is 0 Å². The Balaban J connectivity index is 2.66. The molecule has 0 aliphatic heterocycles. The molecule has 0 aliphatic rings. The van der Waals surface area contributed by atoms with Gasteiger partial charge in [0.05, 0.1) is 5.56 Å². The van der Waals surface area contributed by atoms with E-state index in [0.717, 1.165) is 32.6 Å². The molecule has 0 bridgehead atoms. The number of hydrogen-bond acceptors (Lipinski definition) is 4. The van der Waals surface area contributed by atoms with Crippen molar-refractivity contribution in [1.29, 1.82) is 0 Å². The van der Waals surface area contributed by atoms with Gasteiger partial charge in [-0.3, -0.25) is 4.79 Å². The van der Waals surface area contributed by atoms with E-state index in [9.17, 15) is 4.79 Å². The summed E-state index contributed by atoms with van der Waals surface area (Å²) in [5.41, 5.74) is 0.609. The number of rotatable bonds is 9. The number of likely N-dealkylation sites (N-methyl/N-ethyl adjacent to an activating group) is 1. The van der Waals surface area contributed by atoms with Gasteiger partial charge in [-0.1, -0.05) is 20.8 Å². The summed E-state index contributed by atoms with van der Waals surface area (Å²) in [7, 11) is 0. The lowest BCUT2D eigenvalue weighted by atomic mass is 10.2. The molecule has 118 valence electrons. The highest BCUT2D eigenvalue weighted by molar-refractivity contribution is 5.98. The summed E-state index contributed by atoms with van der Waals surface area (Å²) >= 11 is 0. The Morgan fingerprint density at radius 3 is 2.67 bits per heavy atom. The zero-order valence-electron chi connectivity index (χ0n) is 13.6. The normalized spacial score (nSPS) is 12.2. The average Bonchev–Trinajstić information content (AvgIpc) is 2.50. The van der Waals surface area contributed by atoms with Crippen molar-refractivity contribution < 1.29 is 4.79 Å². The second kappa shape index (κ2) is 9.34. The van der Waals surface area contributed by atoms with Crippen LogP contribution in [0.3, 0.4) is 0 Å². The van der Waals surface area contributed by atoms with Crippen molar-refractivity contribution in [3.8, 4) is 0 Å². The largest absolute Gasteiger partial charge is 0.369 e. The summed E-state index contributed by atoms with van der Waals surface area (Å²) in [4.78, 5) is 18.9. The molecule has 0 spiro atoms. The second-order valence-electron chi connectivity index (χ2n) is 5.19. The number of nitrogens with one attached hydrogen (secondary N) is 2. The van der Waals surface area contributed by atoms with Crippen molar-refractivity contribution in [2.45, 2.75) is 40.2 Å². The lowest BCUT2D eigenvalue weighted by Gasteiger charge is -2.23. The van der Waals surface area contributed by atoms with Gasteiger partial charge in [0.25, 0.3) is 5.91 Å². The monoisotopic (exact) mass is 292 g/mol. The van der Waals surface area contributed by atoms with E-state index in [1.807, 2.05) is 13.0 Å². The fourth-order valence-corrected chi connectivity index (χ4v) is 2.19. The Morgan fingerprint density at radius 1 is 1.33 bits per heavy atom. The molecule has 1 amide bonds. The smallest absolute Gasteiger partial charge is 0.255 e. The minimum atomic E-state index is -0.0682. The summed E-state index contributed by atoms with van der Waals surface area (Å²) in [6.07, 6.45) is 2.70. The van der Waals surface area contributed by atoms with Crippen molar-refractivity contribution in [3.63, 3.8) is 0 Å². The first-order chi connectivity index (χ1) is 10.1. The molecule has 1 unspecified atom stereocenters. The van der Waals surface area contributed by atoms with Gasteiger partial charge in [0.15, 0.2) is 0 Å². The van der Waals surface area contributed by atoms with Gasteiger partial charge in [0.1, 0.15) is 5.82 Å². The zero-order valence-corrected chi connectivity index (χ0v) is 13.6. The van der Waals surface area contributed by atoms with Gasteiger partial charge in [-0.25, -0.2) is 4.98 Å². The third-order valence-electron chi connectivity index (χ3n) is 3.40. The maximum absolute atomic E-state index is 12.4. The van der Waals surface area contributed by atoms with Crippen molar-refractivity contribution in [2.75, 3.05) is 31.5 Å². The molecule has 0 saturated carbocycles. The number of aromatic nitrogens is 1. The number of amides is 1. The number of anilines is 1. The van der Waals surface area contributed by atoms with E-state index in [1.54, 1.807) is 12.3 Å². The van der Waals surface area contributed by atoms with Crippen LogP contribution in [0, 0.1) is 0 Å². The molecule has 0 saturated heterocycles. The molecule has 2 N–H and O–H groups in total. The van der Waals surface area contributed by atoms with Crippen molar-refractivity contribution >= 4 is 11.7 Å². The van der Waals surface area contributed by atoms with Crippen molar-refractivity contribution in [2.24, 2.45) is 0 Å². The van der Waals surface area contributed by atoms with Crippen LogP contribution < -0.4 is 10.6 Å². The Bertz CT molecular complexity index is 432. The number of carbonyl (C=O) groups excluding carboxylic acids is 1. The van der Waals surface area contributed by atoms with Crippen LogP contribution in [0.1, 0.15) is 44.5 Å². The highest BCUT2D eigenvalue weighted by Gasteiger charge is 2.15. The lowest BCUT2D eigenvalue weighted by molar-refractivity contribution is 0.0931. The van der Waals surface area contributed by atoms with E-state index in [1.165, 1.54) is 0 Å². The standard InChI is InChI=1S/C16H28N4O/c1-5-10-17-15-14(9-8-11-18-15)16(21)19-13(4)12-20(6-2)7-3/h8-9,11,13H,5-7,10,12H2,1-4H3,(H,17,18)(H,19,21). The third-order valence-corrected chi connectivity index (χ3v) is 3.40. The Labute approximate surface area is 128 Å². The maximum Gasteiger partial charge on any atom is 0.255 e. The first-order valence-corrected chi connectivity index (χ1v) is 7.84. The minimum absolute atomic E-state index is 0.0682. The molecule has 0 aromatic carbocycles. The molecular weight excluding hydrogens is 264 g/mol. The highest BCUT2D eigenvalue weighted by Crippen LogP contribution is 2.11. The molecule has 1 aromatic heterocycles. The predicted molar refractivity (Wildman–Crippen MR) is 87.7 cm³/mol. The van der Waals surface area contributed by atoms with Crippen LogP contribution >= 0.6 is 0 Å². The summed E-state index contributed by atoms with van der Waals surface area (Å²) in [6, 6.07) is 3.71. The first kappa shape index (κ1) is 17.4. The van der Waals surface area contributed by atoms with Gasteiger partial charge in [0, 0.05) is 25.3 Å².